The Balaban J connectivity index is 1.44. The van der Waals surface area contributed by atoms with Crippen molar-refractivity contribution in [3.63, 3.8) is 0 Å². The van der Waals surface area contributed by atoms with E-state index in [1.165, 1.54) is 13.0 Å². The van der Waals surface area contributed by atoms with Gasteiger partial charge in [0, 0.05) is 22.9 Å². The first-order chi connectivity index (χ1) is 15.8. The highest BCUT2D eigenvalue weighted by molar-refractivity contribution is 8.18. The fourth-order valence-electron chi connectivity index (χ4n) is 3.29. The number of thioether (sulfide) groups is 1. The zero-order chi connectivity index (χ0) is 23.5. The zero-order valence-corrected chi connectivity index (χ0v) is 18.8. The first kappa shape index (κ1) is 22.3. The van der Waals surface area contributed by atoms with Gasteiger partial charge in [0.25, 0.3) is 11.1 Å². The maximum Gasteiger partial charge on any atom is 0.294 e. The molecule has 0 atom stereocenters. The van der Waals surface area contributed by atoms with E-state index in [9.17, 15) is 19.2 Å². The molecule has 0 unspecified atom stereocenters. The van der Waals surface area contributed by atoms with Crippen LogP contribution in [0.3, 0.4) is 0 Å². The maximum absolute atomic E-state index is 12.7. The summed E-state index contributed by atoms with van der Waals surface area (Å²) in [6, 6.07) is 17.7. The summed E-state index contributed by atoms with van der Waals surface area (Å²) in [7, 11) is 0. The molecule has 3 aromatic rings. The predicted molar refractivity (Wildman–Crippen MR) is 127 cm³/mol. The summed E-state index contributed by atoms with van der Waals surface area (Å²) in [4.78, 5) is 49.9. The minimum atomic E-state index is -0.548. The molecule has 1 fully saturated rings. The summed E-state index contributed by atoms with van der Waals surface area (Å²) in [6.45, 7) is 3.03. The van der Waals surface area contributed by atoms with Gasteiger partial charge in [0.2, 0.25) is 5.91 Å². The number of hydrogen-bond donors (Lipinski definition) is 1. The summed E-state index contributed by atoms with van der Waals surface area (Å²) in [5.74, 6) is -0.0694. The number of hydrogen-bond acceptors (Lipinski definition) is 6. The van der Waals surface area contributed by atoms with Crippen LogP contribution in [-0.4, -0.2) is 34.3 Å². The van der Waals surface area contributed by atoms with E-state index in [1.807, 2.05) is 19.1 Å². The molecule has 0 bridgehead atoms. The summed E-state index contributed by atoms with van der Waals surface area (Å²) < 4.78 is 5.79. The molecule has 0 spiro atoms. The van der Waals surface area contributed by atoms with E-state index in [2.05, 4.69) is 5.32 Å². The van der Waals surface area contributed by atoms with Gasteiger partial charge < -0.3 is 9.73 Å². The number of rotatable bonds is 6. The Labute approximate surface area is 194 Å². The number of nitrogens with one attached hydrogen (secondary N) is 1. The molecular weight excluding hydrogens is 440 g/mol. The quantitative estimate of drug-likeness (QED) is 0.405. The van der Waals surface area contributed by atoms with E-state index < -0.39 is 17.1 Å². The lowest BCUT2D eigenvalue weighted by Crippen LogP contribution is -2.36. The van der Waals surface area contributed by atoms with Gasteiger partial charge >= 0.3 is 0 Å². The van der Waals surface area contributed by atoms with Crippen LogP contribution in [0.25, 0.3) is 17.4 Å². The lowest BCUT2D eigenvalue weighted by atomic mass is 10.1. The Morgan fingerprint density at radius 1 is 1.06 bits per heavy atom. The van der Waals surface area contributed by atoms with Gasteiger partial charge in [0.1, 0.15) is 18.1 Å². The molecule has 3 amide bonds. The van der Waals surface area contributed by atoms with Gasteiger partial charge in [-0.05, 0) is 55.4 Å². The lowest BCUT2D eigenvalue weighted by molar-refractivity contribution is -0.127. The molecule has 166 valence electrons. The van der Waals surface area contributed by atoms with Crippen LogP contribution in [0.2, 0.25) is 0 Å². The smallest absolute Gasteiger partial charge is 0.294 e. The average Bonchev–Trinajstić information content (AvgIpc) is 3.34. The van der Waals surface area contributed by atoms with Crippen molar-refractivity contribution < 1.29 is 23.6 Å². The van der Waals surface area contributed by atoms with Gasteiger partial charge in [0.15, 0.2) is 5.78 Å². The molecule has 0 aliphatic carbocycles. The predicted octanol–water partition coefficient (Wildman–Crippen LogP) is 5.13. The number of amides is 3. The van der Waals surface area contributed by atoms with Crippen LogP contribution in [0.5, 0.6) is 0 Å². The van der Waals surface area contributed by atoms with Crippen LogP contribution < -0.4 is 5.32 Å². The number of carbonyl (C=O) groups is 4. The van der Waals surface area contributed by atoms with Crippen molar-refractivity contribution in [1.82, 2.24) is 4.90 Å². The van der Waals surface area contributed by atoms with Gasteiger partial charge in [0.05, 0.1) is 4.91 Å². The highest BCUT2D eigenvalue weighted by Gasteiger charge is 2.36. The van der Waals surface area contributed by atoms with E-state index in [0.29, 0.717) is 22.8 Å². The fourth-order valence-corrected chi connectivity index (χ4v) is 4.11. The molecule has 1 saturated heterocycles. The maximum atomic E-state index is 12.7. The van der Waals surface area contributed by atoms with Crippen LogP contribution in [0.15, 0.2) is 70.0 Å². The first-order valence-electron chi connectivity index (χ1n) is 10.1. The normalized spacial score (nSPS) is 14.7. The van der Waals surface area contributed by atoms with Gasteiger partial charge in [-0.3, -0.25) is 24.1 Å². The van der Waals surface area contributed by atoms with Crippen molar-refractivity contribution >= 4 is 46.4 Å². The fraction of sp³-hybridized carbons (Fsp3) is 0.120. The molecule has 2 aromatic carbocycles. The second-order valence-electron chi connectivity index (χ2n) is 7.52. The van der Waals surface area contributed by atoms with Crippen LogP contribution in [-0.2, 0) is 9.59 Å². The van der Waals surface area contributed by atoms with Crippen molar-refractivity contribution in [3.8, 4) is 11.3 Å². The Hall–Kier alpha value is -3.91. The van der Waals surface area contributed by atoms with Gasteiger partial charge in [-0.25, -0.2) is 0 Å². The van der Waals surface area contributed by atoms with E-state index in [1.54, 1.807) is 48.5 Å². The second kappa shape index (κ2) is 9.30. The number of furan rings is 1. The molecule has 0 saturated carbocycles. The third-order valence-corrected chi connectivity index (χ3v) is 5.86. The minimum Gasteiger partial charge on any atom is -0.457 e. The van der Waals surface area contributed by atoms with E-state index in [4.69, 9.17) is 4.42 Å². The second-order valence-corrected chi connectivity index (χ2v) is 8.51. The highest BCUT2D eigenvalue weighted by Crippen LogP contribution is 2.33. The van der Waals surface area contributed by atoms with Crippen LogP contribution in [0.4, 0.5) is 10.5 Å². The van der Waals surface area contributed by atoms with Crippen LogP contribution in [0.1, 0.15) is 28.6 Å². The van der Waals surface area contributed by atoms with Crippen LogP contribution in [0, 0.1) is 6.92 Å². The molecule has 0 radical (unpaired) electrons. The number of ketones is 1. The number of nitrogens with zero attached hydrogens (tertiary/aromatic N) is 1. The summed E-state index contributed by atoms with van der Waals surface area (Å²) in [5.41, 5.74) is 2.96. The summed E-state index contributed by atoms with van der Waals surface area (Å²) >= 11 is 0.759. The molecule has 2 heterocycles. The molecular formula is C25H20N2O5S. The lowest BCUT2D eigenvalue weighted by Gasteiger charge is -2.12. The molecule has 1 aromatic heterocycles. The third-order valence-electron chi connectivity index (χ3n) is 4.95. The molecule has 33 heavy (non-hydrogen) atoms. The van der Waals surface area contributed by atoms with E-state index in [-0.39, 0.29) is 17.2 Å². The van der Waals surface area contributed by atoms with Crippen molar-refractivity contribution in [2.75, 3.05) is 11.9 Å². The van der Waals surface area contributed by atoms with Gasteiger partial charge in [-0.15, -0.1) is 0 Å². The number of anilines is 1. The van der Waals surface area contributed by atoms with Crippen molar-refractivity contribution in [1.29, 1.82) is 0 Å². The molecule has 1 aliphatic heterocycles. The van der Waals surface area contributed by atoms with E-state index >= 15 is 0 Å². The number of Topliss-reactive ketones (excluding diaryl/α,β-unsaturated/α-hetero) is 1. The number of benzene rings is 2. The van der Waals surface area contributed by atoms with E-state index in [0.717, 1.165) is 27.8 Å². The molecule has 1 aliphatic rings. The minimum absolute atomic E-state index is 0.0232. The van der Waals surface area contributed by atoms with Crippen molar-refractivity contribution in [2.24, 2.45) is 0 Å². The summed E-state index contributed by atoms with van der Waals surface area (Å²) in [5, 5.41) is 2.18. The molecule has 7 nitrogen and oxygen atoms in total. The Morgan fingerprint density at radius 2 is 1.82 bits per heavy atom. The third kappa shape index (κ3) is 5.12. The molecule has 1 N–H and O–H groups in total. The van der Waals surface area contributed by atoms with Gasteiger partial charge in [-0.2, -0.15) is 0 Å². The molecule has 4 rings (SSSR count). The average molecular weight is 461 g/mol. The van der Waals surface area contributed by atoms with Gasteiger partial charge in [-0.1, -0.05) is 36.4 Å². The Bertz CT molecular complexity index is 1290. The van der Waals surface area contributed by atoms with Crippen molar-refractivity contribution in [3.05, 3.63) is 82.5 Å². The topological polar surface area (TPSA) is 96.7 Å². The first-order valence-corrected chi connectivity index (χ1v) is 10.9. The number of imide groups is 1. The Morgan fingerprint density at radius 3 is 2.52 bits per heavy atom. The standard InChI is InChI=1S/C25H20N2O5S/c1-15-4-3-5-19(12-15)26-23(29)14-27-24(30)22(33-25(27)31)13-20-10-11-21(32-20)18-8-6-17(7-9-18)16(2)28/h3-13H,14H2,1-2H3,(H,26,29)/b22-13+. The Kier molecular flexibility index (Phi) is 6.28. The summed E-state index contributed by atoms with van der Waals surface area (Å²) in [6.07, 6.45) is 1.48. The zero-order valence-electron chi connectivity index (χ0n) is 18.0. The SMILES string of the molecule is CC(=O)c1ccc(-c2ccc(/C=C3/SC(=O)N(CC(=O)Nc4cccc(C)c4)C3=O)o2)cc1. The largest absolute Gasteiger partial charge is 0.457 e. The highest BCUT2D eigenvalue weighted by atomic mass is 32.2. The number of aryl methyl sites for hydroxylation is 1. The van der Waals surface area contributed by atoms with Crippen molar-refractivity contribution in [2.45, 2.75) is 13.8 Å². The molecule has 8 heteroatoms. The van der Waals surface area contributed by atoms with Crippen LogP contribution >= 0.6 is 11.8 Å². The number of carbonyl (C=O) groups excluding carboxylic acids is 4. The monoisotopic (exact) mass is 460 g/mol.